The molecule has 0 fully saturated rings. The zero-order valence-electron chi connectivity index (χ0n) is 20.6. The molecule has 0 unspecified atom stereocenters. The van der Waals surface area contributed by atoms with Crippen LogP contribution in [0, 0.1) is 0 Å². The molecule has 2 aliphatic heterocycles. The van der Waals surface area contributed by atoms with Gasteiger partial charge in [-0.25, -0.2) is 0 Å². The van der Waals surface area contributed by atoms with Crippen LogP contribution in [0.1, 0.15) is 17.5 Å². The number of amides is 1. The zero-order valence-corrected chi connectivity index (χ0v) is 20.6. The molecule has 0 aromatic heterocycles. The average molecular weight is 523 g/mol. The fourth-order valence-corrected chi connectivity index (χ4v) is 4.70. The summed E-state index contributed by atoms with van der Waals surface area (Å²) in [6.07, 6.45) is -3.03. The lowest BCUT2D eigenvalue weighted by atomic mass is 9.86. The molecule has 2 aromatic carbocycles. The molecule has 200 valence electrons. The first-order chi connectivity index (χ1) is 17.7. The van der Waals surface area contributed by atoms with Crippen molar-refractivity contribution >= 4 is 22.9 Å². The number of anilines is 2. The van der Waals surface area contributed by atoms with E-state index < -0.39 is 23.2 Å². The number of rotatable bonds is 8. The third-order valence-electron chi connectivity index (χ3n) is 6.18. The van der Waals surface area contributed by atoms with Gasteiger partial charge in [0.2, 0.25) is 5.91 Å². The number of carbonyl (C=O) groups is 1. The van der Waals surface area contributed by atoms with Crippen molar-refractivity contribution in [1.29, 1.82) is 0 Å². The van der Waals surface area contributed by atoms with E-state index in [1.165, 1.54) is 26.4 Å². The molecule has 2 heterocycles. The van der Waals surface area contributed by atoms with Crippen LogP contribution < -0.4 is 19.7 Å². The lowest BCUT2D eigenvalue weighted by Gasteiger charge is -2.39. The van der Waals surface area contributed by atoms with Gasteiger partial charge in [0.1, 0.15) is 12.4 Å². The monoisotopic (exact) mass is 522 g/mol. The number of carbonyl (C=O) groups excluding carboxylic acids is 1. The van der Waals surface area contributed by atoms with E-state index in [0.717, 1.165) is 17.8 Å². The van der Waals surface area contributed by atoms with E-state index in [0.29, 0.717) is 42.3 Å². The smallest absolute Gasteiger partial charge is 0.416 e. The van der Waals surface area contributed by atoms with E-state index in [9.17, 15) is 23.1 Å². The second-order valence-electron chi connectivity index (χ2n) is 8.91. The Morgan fingerprint density at radius 1 is 1.22 bits per heavy atom. The summed E-state index contributed by atoms with van der Waals surface area (Å²) in [7, 11) is 2.91. The lowest BCUT2D eigenvalue weighted by molar-refractivity contribution is -0.138. The molecule has 0 spiro atoms. The summed E-state index contributed by atoms with van der Waals surface area (Å²) in [5, 5.41) is 12.2. The molecule has 8 nitrogen and oxygen atoms in total. The van der Waals surface area contributed by atoms with Gasteiger partial charge in [-0.1, -0.05) is 12.1 Å². The number of para-hydroxylation sites is 1. The maximum absolute atomic E-state index is 13.4. The van der Waals surface area contributed by atoms with Gasteiger partial charge in [0.25, 0.3) is 0 Å². The number of β-amino-alcohol motifs (C(OH)–C–C–N with tert-alkyl or cyclic N) is 1. The average Bonchev–Trinajstić information content (AvgIpc) is 2.84. The molecule has 0 aliphatic carbocycles. The van der Waals surface area contributed by atoms with Crippen molar-refractivity contribution in [2.75, 3.05) is 64.0 Å². The third-order valence-corrected chi connectivity index (χ3v) is 6.18. The molecule has 2 aromatic rings. The van der Waals surface area contributed by atoms with E-state index in [1.54, 1.807) is 12.1 Å². The standard InChI is InChI=1S/C26H29F3N2O6/c1-34-15-25(16-35-2)14-17(19-7-6-18(26(27,28)29)13-22(19)37-25)12-23(33)30-20-4-3-5-21-24(20)36-11-9-31(21)8-10-32/h3-7,12-13,32H,8-11,14-16H2,1-2H3,(H,30,33). The van der Waals surface area contributed by atoms with E-state index >= 15 is 0 Å². The topological polar surface area (TPSA) is 89.5 Å². The molecule has 0 saturated carbocycles. The van der Waals surface area contributed by atoms with Gasteiger partial charge in [-0.3, -0.25) is 4.79 Å². The van der Waals surface area contributed by atoms with Gasteiger partial charge >= 0.3 is 6.18 Å². The minimum atomic E-state index is -4.56. The van der Waals surface area contributed by atoms with Crippen molar-refractivity contribution in [1.82, 2.24) is 0 Å². The van der Waals surface area contributed by atoms with Crippen LogP contribution in [0.3, 0.4) is 0 Å². The summed E-state index contributed by atoms with van der Waals surface area (Å²) in [6, 6.07) is 8.51. The first kappa shape index (κ1) is 26.8. The predicted octanol–water partition coefficient (Wildman–Crippen LogP) is 3.73. The quantitative estimate of drug-likeness (QED) is 0.511. The van der Waals surface area contributed by atoms with Crippen molar-refractivity contribution < 1.29 is 42.0 Å². The summed E-state index contributed by atoms with van der Waals surface area (Å²) < 4.78 is 62.6. The van der Waals surface area contributed by atoms with Crippen molar-refractivity contribution in [3.63, 3.8) is 0 Å². The Labute approximate surface area is 212 Å². The Bertz CT molecular complexity index is 1160. The summed E-state index contributed by atoms with van der Waals surface area (Å²) in [4.78, 5) is 15.1. The molecule has 37 heavy (non-hydrogen) atoms. The highest BCUT2D eigenvalue weighted by Gasteiger charge is 2.41. The minimum Gasteiger partial charge on any atom is -0.487 e. The Morgan fingerprint density at radius 2 is 1.97 bits per heavy atom. The zero-order chi connectivity index (χ0) is 26.6. The van der Waals surface area contributed by atoms with Crippen molar-refractivity contribution in [3.8, 4) is 11.5 Å². The number of fused-ring (bicyclic) bond motifs is 2. The predicted molar refractivity (Wildman–Crippen MR) is 131 cm³/mol. The van der Waals surface area contributed by atoms with Gasteiger partial charge in [-0.15, -0.1) is 0 Å². The normalized spacial score (nSPS) is 17.5. The van der Waals surface area contributed by atoms with Crippen LogP contribution in [-0.4, -0.2) is 70.4 Å². The van der Waals surface area contributed by atoms with E-state index in [1.807, 2.05) is 11.0 Å². The van der Waals surface area contributed by atoms with Crippen LogP contribution in [0.25, 0.3) is 5.57 Å². The summed E-state index contributed by atoms with van der Waals surface area (Å²) in [5.41, 5.74) is 0.0803. The second kappa shape index (κ2) is 11.0. The van der Waals surface area contributed by atoms with Crippen LogP contribution in [0.5, 0.6) is 11.5 Å². The first-order valence-corrected chi connectivity index (χ1v) is 11.7. The molecule has 0 saturated heterocycles. The summed E-state index contributed by atoms with van der Waals surface area (Å²) >= 11 is 0. The van der Waals surface area contributed by atoms with Gasteiger partial charge < -0.3 is 34.3 Å². The van der Waals surface area contributed by atoms with Gasteiger partial charge in [-0.2, -0.15) is 13.2 Å². The highest BCUT2D eigenvalue weighted by Crippen LogP contribution is 2.44. The van der Waals surface area contributed by atoms with Gasteiger partial charge in [0.05, 0.1) is 43.3 Å². The number of nitrogens with one attached hydrogen (secondary N) is 1. The molecule has 0 radical (unpaired) electrons. The number of hydrogen-bond donors (Lipinski definition) is 2. The number of benzene rings is 2. The van der Waals surface area contributed by atoms with Crippen molar-refractivity contribution in [2.45, 2.75) is 18.2 Å². The maximum atomic E-state index is 13.4. The van der Waals surface area contributed by atoms with Gasteiger partial charge in [-0.05, 0) is 29.8 Å². The van der Waals surface area contributed by atoms with E-state index in [2.05, 4.69) is 5.32 Å². The Balaban J connectivity index is 1.69. The van der Waals surface area contributed by atoms with Gasteiger partial charge in [0.15, 0.2) is 11.4 Å². The minimum absolute atomic E-state index is 0.00528. The number of methoxy groups -OCH3 is 2. The van der Waals surface area contributed by atoms with E-state index in [-0.39, 0.29) is 32.0 Å². The summed E-state index contributed by atoms with van der Waals surface area (Å²) in [5.74, 6) is 0.00122. The maximum Gasteiger partial charge on any atom is 0.416 e. The van der Waals surface area contributed by atoms with Crippen molar-refractivity contribution in [3.05, 3.63) is 53.6 Å². The van der Waals surface area contributed by atoms with Gasteiger partial charge in [0, 0.05) is 38.8 Å². The molecule has 11 heteroatoms. The molecule has 0 atom stereocenters. The number of nitrogens with zero attached hydrogens (tertiary/aromatic N) is 1. The Hall–Kier alpha value is -3.28. The molecular formula is C26H29F3N2O6. The fourth-order valence-electron chi connectivity index (χ4n) is 4.70. The van der Waals surface area contributed by atoms with Crippen LogP contribution in [0.15, 0.2) is 42.5 Å². The van der Waals surface area contributed by atoms with Crippen LogP contribution in [0.2, 0.25) is 0 Å². The highest BCUT2D eigenvalue weighted by molar-refractivity contribution is 6.06. The lowest BCUT2D eigenvalue weighted by Crippen LogP contribution is -2.47. The van der Waals surface area contributed by atoms with Crippen LogP contribution >= 0.6 is 0 Å². The number of hydrogen-bond acceptors (Lipinski definition) is 7. The third kappa shape index (κ3) is 5.84. The molecule has 2 N–H and O–H groups in total. The van der Waals surface area contributed by atoms with Crippen molar-refractivity contribution in [2.24, 2.45) is 0 Å². The van der Waals surface area contributed by atoms with Crippen LogP contribution in [-0.2, 0) is 20.4 Å². The molecule has 1 amide bonds. The van der Waals surface area contributed by atoms with Crippen LogP contribution in [0.4, 0.5) is 24.5 Å². The number of alkyl halides is 3. The fraction of sp³-hybridized carbons (Fsp3) is 0.423. The number of halogens is 3. The number of aliphatic hydroxyl groups excluding tert-OH is 1. The molecule has 2 aliphatic rings. The molecule has 4 rings (SSSR count). The highest BCUT2D eigenvalue weighted by atomic mass is 19.4. The Kier molecular flexibility index (Phi) is 7.96. The van der Waals surface area contributed by atoms with E-state index in [4.69, 9.17) is 18.9 Å². The SMILES string of the molecule is COCC1(COC)CC(=CC(=O)Nc2cccc3c2OCCN3CCO)c2ccc(C(F)(F)F)cc2O1. The number of aliphatic hydroxyl groups is 1. The second-order valence-corrected chi connectivity index (χ2v) is 8.91. The largest absolute Gasteiger partial charge is 0.487 e. The molecule has 0 bridgehead atoms. The first-order valence-electron chi connectivity index (χ1n) is 11.7. The number of ether oxygens (including phenoxy) is 4. The summed E-state index contributed by atoms with van der Waals surface area (Å²) in [6.45, 7) is 1.48. The molecular weight excluding hydrogens is 493 g/mol. The Morgan fingerprint density at radius 3 is 2.65 bits per heavy atom.